The van der Waals surface area contributed by atoms with Crippen molar-refractivity contribution < 1.29 is 19.0 Å². The van der Waals surface area contributed by atoms with Crippen molar-refractivity contribution >= 4 is 34.9 Å². The summed E-state index contributed by atoms with van der Waals surface area (Å²) in [5, 5.41) is 13.3. The summed E-state index contributed by atoms with van der Waals surface area (Å²) in [6.07, 6.45) is 3.44. The van der Waals surface area contributed by atoms with Crippen molar-refractivity contribution in [1.82, 2.24) is 20.2 Å². The first-order valence-electron chi connectivity index (χ1n) is 12.0. The van der Waals surface area contributed by atoms with Crippen LogP contribution in [0.3, 0.4) is 0 Å². The topological polar surface area (TPSA) is 114 Å². The molecule has 2 aromatic carbocycles. The Hall–Kier alpha value is -2.98. The van der Waals surface area contributed by atoms with E-state index in [4.69, 9.17) is 33.7 Å². The maximum atomic E-state index is 13.7. The van der Waals surface area contributed by atoms with Gasteiger partial charge in [0.2, 0.25) is 0 Å². The highest BCUT2D eigenvalue weighted by Crippen LogP contribution is 2.28. The van der Waals surface area contributed by atoms with Crippen LogP contribution in [0.15, 0.2) is 42.6 Å². The minimum absolute atomic E-state index is 0.0471. The van der Waals surface area contributed by atoms with Gasteiger partial charge < -0.3 is 25.8 Å². The van der Waals surface area contributed by atoms with Crippen molar-refractivity contribution in [2.45, 2.75) is 25.4 Å². The number of nitrogens with one attached hydrogen (secondary N) is 1. The normalized spacial score (nSPS) is 14.5. The maximum absolute atomic E-state index is 13.7. The lowest BCUT2D eigenvalue weighted by molar-refractivity contribution is 0.0879. The van der Waals surface area contributed by atoms with Crippen LogP contribution in [0.4, 0.5) is 10.2 Å². The number of aliphatic hydroxyl groups excluding tert-OH is 1. The summed E-state index contributed by atoms with van der Waals surface area (Å²) in [5.41, 5.74) is 8.02. The SMILES string of the molecule is Nc1ncc(-c2ccc(C(=O)NCC(O)CN3CCCC3)cc2)nc1OCCc1c(Cl)ccc(F)c1Cl. The molecule has 0 radical (unpaired) electrons. The van der Waals surface area contributed by atoms with Gasteiger partial charge in [0.25, 0.3) is 11.8 Å². The van der Waals surface area contributed by atoms with Crippen molar-refractivity contribution in [2.24, 2.45) is 0 Å². The van der Waals surface area contributed by atoms with E-state index in [1.807, 2.05) is 0 Å². The average molecular weight is 548 g/mol. The van der Waals surface area contributed by atoms with Crippen molar-refractivity contribution in [3.05, 3.63) is 69.6 Å². The Morgan fingerprint density at radius 1 is 1.19 bits per heavy atom. The van der Waals surface area contributed by atoms with Crippen molar-refractivity contribution in [1.29, 1.82) is 0 Å². The van der Waals surface area contributed by atoms with Gasteiger partial charge in [0.15, 0.2) is 5.82 Å². The van der Waals surface area contributed by atoms with Crippen LogP contribution in [-0.2, 0) is 6.42 Å². The Bertz CT molecular complexity index is 1240. The molecule has 1 aliphatic heterocycles. The third-order valence-electron chi connectivity index (χ3n) is 6.11. The second-order valence-electron chi connectivity index (χ2n) is 8.81. The summed E-state index contributed by atoms with van der Waals surface area (Å²) in [6.45, 7) is 2.83. The molecule has 1 aromatic heterocycles. The molecule has 1 atom stereocenters. The third kappa shape index (κ3) is 7.07. The molecule has 1 saturated heterocycles. The van der Waals surface area contributed by atoms with Crippen molar-refractivity contribution in [2.75, 3.05) is 38.5 Å². The van der Waals surface area contributed by atoms with Crippen molar-refractivity contribution in [3.8, 4) is 17.1 Å². The summed E-state index contributed by atoms with van der Waals surface area (Å²) in [6, 6.07) is 9.47. The molecule has 1 amide bonds. The smallest absolute Gasteiger partial charge is 0.257 e. The van der Waals surface area contributed by atoms with Crippen LogP contribution in [0, 0.1) is 5.82 Å². The van der Waals surface area contributed by atoms with Crippen LogP contribution < -0.4 is 15.8 Å². The van der Waals surface area contributed by atoms with Crippen LogP contribution >= 0.6 is 23.2 Å². The van der Waals surface area contributed by atoms with E-state index < -0.39 is 11.9 Å². The minimum Gasteiger partial charge on any atom is -0.475 e. The van der Waals surface area contributed by atoms with E-state index in [-0.39, 0.29) is 42.2 Å². The number of carbonyl (C=O) groups is 1. The highest BCUT2D eigenvalue weighted by molar-refractivity contribution is 6.36. The third-order valence-corrected chi connectivity index (χ3v) is 6.87. The van der Waals surface area contributed by atoms with Crippen LogP contribution in [0.1, 0.15) is 28.8 Å². The van der Waals surface area contributed by atoms with Crippen LogP contribution in [0.25, 0.3) is 11.3 Å². The number of aliphatic hydroxyl groups is 1. The van der Waals surface area contributed by atoms with E-state index in [1.54, 1.807) is 24.3 Å². The van der Waals surface area contributed by atoms with Gasteiger partial charge in [-0.1, -0.05) is 35.3 Å². The molecule has 1 fully saturated rings. The van der Waals surface area contributed by atoms with Crippen LogP contribution in [0.5, 0.6) is 5.88 Å². The maximum Gasteiger partial charge on any atom is 0.257 e. The summed E-state index contributed by atoms with van der Waals surface area (Å²) in [4.78, 5) is 23.3. The molecule has 0 bridgehead atoms. The fourth-order valence-corrected chi connectivity index (χ4v) is 4.67. The molecule has 3 aromatic rings. The van der Waals surface area contributed by atoms with E-state index in [0.717, 1.165) is 25.9 Å². The number of nitrogens with two attached hydrogens (primary N) is 1. The molecule has 1 aliphatic rings. The zero-order valence-electron chi connectivity index (χ0n) is 20.1. The largest absolute Gasteiger partial charge is 0.475 e. The van der Waals surface area contributed by atoms with Gasteiger partial charge in [-0.2, -0.15) is 0 Å². The quantitative estimate of drug-likeness (QED) is 0.329. The van der Waals surface area contributed by atoms with Gasteiger partial charge in [-0.25, -0.2) is 14.4 Å². The second-order valence-corrected chi connectivity index (χ2v) is 9.60. The number of ether oxygens (including phenoxy) is 1. The molecule has 11 heteroatoms. The first kappa shape index (κ1) is 27.1. The molecule has 0 saturated carbocycles. The van der Waals surface area contributed by atoms with E-state index in [2.05, 4.69) is 20.2 Å². The highest BCUT2D eigenvalue weighted by Gasteiger charge is 2.17. The fourth-order valence-electron chi connectivity index (χ4n) is 4.11. The standard InChI is InChI=1S/C26H28Cl2FN5O3/c27-20-7-8-21(29)23(28)19(20)9-12-37-26-24(30)31-14-22(33-26)16-3-5-17(6-4-16)25(36)32-13-18(35)15-34-10-1-2-11-34/h3-8,14,18,35H,1-2,9-13,15H2,(H2,30,31)(H,32,36). The number of anilines is 1. The van der Waals surface area contributed by atoms with Crippen molar-refractivity contribution in [3.63, 3.8) is 0 Å². The molecule has 4 N–H and O–H groups in total. The Labute approximate surface area is 224 Å². The van der Waals surface area contributed by atoms with Gasteiger partial charge in [-0.3, -0.25) is 4.79 Å². The van der Waals surface area contributed by atoms with Crippen LogP contribution in [-0.4, -0.2) is 64.8 Å². The number of aromatic nitrogens is 2. The summed E-state index contributed by atoms with van der Waals surface area (Å²) >= 11 is 12.1. The summed E-state index contributed by atoms with van der Waals surface area (Å²) in [7, 11) is 0. The predicted octanol–water partition coefficient (Wildman–Crippen LogP) is 3.98. The van der Waals surface area contributed by atoms with Gasteiger partial charge in [0, 0.05) is 35.7 Å². The molecule has 2 heterocycles. The number of hydrogen-bond acceptors (Lipinski definition) is 7. The summed E-state index contributed by atoms with van der Waals surface area (Å²) < 4.78 is 19.4. The number of likely N-dealkylation sites (tertiary alicyclic amines) is 1. The molecule has 4 rings (SSSR count). The van der Waals surface area contributed by atoms with Gasteiger partial charge in [0.05, 0.1) is 29.6 Å². The number of nitrogens with zero attached hydrogens (tertiary/aromatic N) is 3. The summed E-state index contributed by atoms with van der Waals surface area (Å²) in [5.74, 6) is -0.606. The monoisotopic (exact) mass is 547 g/mol. The lowest BCUT2D eigenvalue weighted by Gasteiger charge is -2.19. The molecular weight excluding hydrogens is 520 g/mol. The fraction of sp³-hybridized carbons (Fsp3) is 0.346. The molecule has 37 heavy (non-hydrogen) atoms. The number of rotatable bonds is 10. The van der Waals surface area contributed by atoms with Gasteiger partial charge in [0.1, 0.15) is 5.82 Å². The predicted molar refractivity (Wildman–Crippen MR) is 142 cm³/mol. The second kappa shape index (κ2) is 12.5. The Kier molecular flexibility index (Phi) is 9.15. The number of carbonyl (C=O) groups excluding carboxylic acids is 1. The first-order valence-corrected chi connectivity index (χ1v) is 12.7. The average Bonchev–Trinajstić information content (AvgIpc) is 3.41. The highest BCUT2D eigenvalue weighted by atomic mass is 35.5. The van der Waals surface area contributed by atoms with E-state index in [1.165, 1.54) is 18.3 Å². The molecule has 1 unspecified atom stereocenters. The molecule has 0 spiro atoms. The number of hydrogen-bond donors (Lipinski definition) is 3. The van der Waals surface area contributed by atoms with Gasteiger partial charge >= 0.3 is 0 Å². The minimum atomic E-state index is -0.613. The Morgan fingerprint density at radius 2 is 1.92 bits per heavy atom. The lowest BCUT2D eigenvalue weighted by Crippen LogP contribution is -2.39. The Morgan fingerprint density at radius 3 is 2.65 bits per heavy atom. The zero-order chi connectivity index (χ0) is 26.4. The zero-order valence-corrected chi connectivity index (χ0v) is 21.6. The number of benzene rings is 2. The van der Waals surface area contributed by atoms with Gasteiger partial charge in [-0.05, 0) is 55.8 Å². The molecule has 0 aliphatic carbocycles. The number of nitrogen functional groups attached to an aromatic ring is 1. The molecule has 196 valence electrons. The van der Waals surface area contributed by atoms with E-state index >= 15 is 0 Å². The molecular formula is C26H28Cl2FN5O3. The number of amides is 1. The Balaban J connectivity index is 1.34. The van der Waals surface area contributed by atoms with Gasteiger partial charge in [-0.15, -0.1) is 0 Å². The number of β-amino-alcohol motifs (C(OH)–C–C–N with tert-alkyl or cyclic N) is 1. The van der Waals surface area contributed by atoms with Crippen LogP contribution in [0.2, 0.25) is 10.0 Å². The first-order chi connectivity index (χ1) is 17.8. The molecule has 8 nitrogen and oxygen atoms in total. The van der Waals surface area contributed by atoms with E-state index in [0.29, 0.717) is 34.0 Å². The number of halogens is 3. The lowest BCUT2D eigenvalue weighted by atomic mass is 10.1. The van der Waals surface area contributed by atoms with E-state index in [9.17, 15) is 14.3 Å².